The van der Waals surface area contributed by atoms with E-state index in [1.807, 2.05) is 0 Å². The molecule has 0 N–H and O–H groups in total. The van der Waals surface area contributed by atoms with Crippen molar-refractivity contribution in [2.45, 2.75) is 12.6 Å². The molecule has 1 aromatic heterocycles. The number of hydrogen-bond acceptors (Lipinski definition) is 2. The van der Waals surface area contributed by atoms with Gasteiger partial charge in [-0.3, -0.25) is 0 Å². The predicted molar refractivity (Wildman–Crippen MR) is 43.6 cm³/mol. The van der Waals surface area contributed by atoms with Gasteiger partial charge in [0.25, 0.3) is 0 Å². The van der Waals surface area contributed by atoms with E-state index in [1.165, 1.54) is 0 Å². The van der Waals surface area contributed by atoms with Crippen molar-refractivity contribution in [1.29, 1.82) is 5.26 Å². The second-order valence-corrected chi connectivity index (χ2v) is 2.93. The van der Waals surface area contributed by atoms with Gasteiger partial charge in [-0.15, -0.1) is 0 Å². The zero-order valence-corrected chi connectivity index (χ0v) is 7.52. The minimum absolute atomic E-state index is 0.0863. The zero-order valence-electron chi connectivity index (χ0n) is 6.77. The second kappa shape index (κ2) is 3.84. The molecule has 0 bridgehead atoms. The van der Waals surface area contributed by atoms with Gasteiger partial charge in [-0.25, -0.2) is 4.98 Å². The molecule has 0 saturated carbocycles. The van der Waals surface area contributed by atoms with Gasteiger partial charge in [-0.05, 0) is 11.6 Å². The number of aromatic nitrogens is 1. The van der Waals surface area contributed by atoms with Gasteiger partial charge in [-0.1, -0.05) is 11.6 Å². The van der Waals surface area contributed by atoms with Crippen LogP contribution >= 0.6 is 11.6 Å². The average molecular weight is 221 g/mol. The summed E-state index contributed by atoms with van der Waals surface area (Å²) in [6.07, 6.45) is -4.00. The van der Waals surface area contributed by atoms with Crippen LogP contribution in [0.3, 0.4) is 0 Å². The summed E-state index contributed by atoms with van der Waals surface area (Å²) in [6.45, 7) is 0. The molecule has 0 aliphatic rings. The third-order valence-electron chi connectivity index (χ3n) is 1.47. The Morgan fingerprint density at radius 1 is 1.50 bits per heavy atom. The molecule has 0 fully saturated rings. The van der Waals surface area contributed by atoms with Crippen LogP contribution in [0, 0.1) is 11.3 Å². The molecule has 0 aliphatic heterocycles. The molecule has 0 saturated heterocycles. The van der Waals surface area contributed by atoms with Gasteiger partial charge in [0.15, 0.2) is 0 Å². The first-order chi connectivity index (χ1) is 6.45. The van der Waals surface area contributed by atoms with Crippen LogP contribution in [-0.4, -0.2) is 4.98 Å². The van der Waals surface area contributed by atoms with Crippen molar-refractivity contribution in [2.75, 3.05) is 0 Å². The van der Waals surface area contributed by atoms with Gasteiger partial charge in [0.05, 0.1) is 17.5 Å². The van der Waals surface area contributed by atoms with Crippen LogP contribution in [0.5, 0.6) is 0 Å². The lowest BCUT2D eigenvalue weighted by atomic mass is 10.1. The quantitative estimate of drug-likeness (QED) is 0.730. The standard InChI is InChI=1S/C8H4ClF3N2/c9-6-3-5(1-2-13)7(14-4-6)8(10,11)12/h3-4H,1H2. The lowest BCUT2D eigenvalue weighted by Crippen LogP contribution is -2.11. The van der Waals surface area contributed by atoms with Gasteiger partial charge in [-0.2, -0.15) is 18.4 Å². The summed E-state index contributed by atoms with van der Waals surface area (Å²) in [7, 11) is 0. The summed E-state index contributed by atoms with van der Waals surface area (Å²) in [4.78, 5) is 3.16. The Morgan fingerprint density at radius 2 is 2.14 bits per heavy atom. The Kier molecular flexibility index (Phi) is 2.96. The Bertz CT molecular complexity index is 381. The summed E-state index contributed by atoms with van der Waals surface area (Å²) in [5, 5.41) is 8.40. The van der Waals surface area contributed by atoms with E-state index in [0.717, 1.165) is 12.3 Å². The van der Waals surface area contributed by atoms with Crippen LogP contribution < -0.4 is 0 Å². The Morgan fingerprint density at radius 3 is 2.64 bits per heavy atom. The SMILES string of the molecule is N#CCc1cc(Cl)cnc1C(F)(F)F. The van der Waals surface area contributed by atoms with Crippen molar-refractivity contribution in [3.05, 3.63) is 28.5 Å². The summed E-state index contributed by atoms with van der Waals surface area (Å²) in [5.74, 6) is 0. The van der Waals surface area contributed by atoms with E-state index in [4.69, 9.17) is 16.9 Å². The van der Waals surface area contributed by atoms with E-state index in [2.05, 4.69) is 4.98 Å². The number of rotatable bonds is 1. The number of hydrogen-bond donors (Lipinski definition) is 0. The lowest BCUT2D eigenvalue weighted by molar-refractivity contribution is -0.141. The summed E-state index contributed by atoms with van der Waals surface area (Å²) >= 11 is 5.46. The number of alkyl halides is 3. The van der Waals surface area contributed by atoms with Crippen LogP contribution in [0.1, 0.15) is 11.3 Å². The first-order valence-corrected chi connectivity index (χ1v) is 3.91. The van der Waals surface area contributed by atoms with E-state index < -0.39 is 11.9 Å². The molecule has 0 aromatic carbocycles. The van der Waals surface area contributed by atoms with E-state index in [1.54, 1.807) is 6.07 Å². The van der Waals surface area contributed by atoms with Crippen LogP contribution in [0.4, 0.5) is 13.2 Å². The number of halogens is 4. The van der Waals surface area contributed by atoms with Crippen LogP contribution in [0.15, 0.2) is 12.3 Å². The molecule has 74 valence electrons. The van der Waals surface area contributed by atoms with Crippen molar-refractivity contribution in [2.24, 2.45) is 0 Å². The van der Waals surface area contributed by atoms with E-state index >= 15 is 0 Å². The first kappa shape index (κ1) is 10.8. The van der Waals surface area contributed by atoms with E-state index in [0.29, 0.717) is 0 Å². The topological polar surface area (TPSA) is 36.7 Å². The third-order valence-corrected chi connectivity index (χ3v) is 1.68. The number of nitrogens with zero attached hydrogens (tertiary/aromatic N) is 2. The zero-order chi connectivity index (χ0) is 10.8. The second-order valence-electron chi connectivity index (χ2n) is 2.49. The predicted octanol–water partition coefficient (Wildman–Crippen LogP) is 2.82. The monoisotopic (exact) mass is 220 g/mol. The molecule has 0 unspecified atom stereocenters. The highest BCUT2D eigenvalue weighted by Crippen LogP contribution is 2.31. The molecular weight excluding hydrogens is 217 g/mol. The maximum atomic E-state index is 12.3. The highest BCUT2D eigenvalue weighted by molar-refractivity contribution is 6.30. The molecule has 14 heavy (non-hydrogen) atoms. The maximum absolute atomic E-state index is 12.3. The van der Waals surface area contributed by atoms with Crippen molar-refractivity contribution >= 4 is 11.6 Å². The summed E-state index contributed by atoms with van der Waals surface area (Å²) in [6, 6.07) is 2.72. The largest absolute Gasteiger partial charge is 0.433 e. The highest BCUT2D eigenvalue weighted by atomic mass is 35.5. The minimum Gasteiger partial charge on any atom is -0.250 e. The normalized spacial score (nSPS) is 11.1. The lowest BCUT2D eigenvalue weighted by Gasteiger charge is -2.09. The molecule has 0 atom stereocenters. The molecule has 1 rings (SSSR count). The fourth-order valence-corrected chi connectivity index (χ4v) is 1.14. The molecule has 1 aromatic rings. The van der Waals surface area contributed by atoms with Gasteiger partial charge in [0.1, 0.15) is 5.69 Å². The van der Waals surface area contributed by atoms with Crippen LogP contribution in [0.2, 0.25) is 5.02 Å². The molecule has 0 aliphatic carbocycles. The van der Waals surface area contributed by atoms with Crippen LogP contribution in [0.25, 0.3) is 0 Å². The fourth-order valence-electron chi connectivity index (χ4n) is 0.956. The third kappa shape index (κ3) is 2.36. The Labute approximate surface area is 82.9 Å². The van der Waals surface area contributed by atoms with Gasteiger partial charge >= 0.3 is 6.18 Å². The summed E-state index contributed by atoms with van der Waals surface area (Å²) in [5.41, 5.74) is -1.25. The van der Waals surface area contributed by atoms with E-state index in [9.17, 15) is 13.2 Å². The molecular formula is C8H4ClF3N2. The summed E-state index contributed by atoms with van der Waals surface area (Å²) < 4.78 is 36.9. The molecule has 0 radical (unpaired) electrons. The van der Waals surface area contributed by atoms with E-state index in [-0.39, 0.29) is 17.0 Å². The van der Waals surface area contributed by atoms with Crippen molar-refractivity contribution < 1.29 is 13.2 Å². The Hall–Kier alpha value is -1.28. The van der Waals surface area contributed by atoms with Gasteiger partial charge in [0, 0.05) is 6.20 Å². The average Bonchev–Trinajstić information content (AvgIpc) is 2.02. The molecule has 1 heterocycles. The molecule has 0 amide bonds. The maximum Gasteiger partial charge on any atom is 0.433 e. The fraction of sp³-hybridized carbons (Fsp3) is 0.250. The van der Waals surface area contributed by atoms with Gasteiger partial charge < -0.3 is 0 Å². The number of pyridine rings is 1. The molecule has 6 heteroatoms. The number of nitriles is 1. The molecule has 0 spiro atoms. The van der Waals surface area contributed by atoms with Gasteiger partial charge in [0.2, 0.25) is 0 Å². The van der Waals surface area contributed by atoms with Crippen molar-refractivity contribution in [3.8, 4) is 6.07 Å². The van der Waals surface area contributed by atoms with Crippen molar-refractivity contribution in [3.63, 3.8) is 0 Å². The first-order valence-electron chi connectivity index (χ1n) is 3.53. The van der Waals surface area contributed by atoms with Crippen molar-refractivity contribution in [1.82, 2.24) is 4.98 Å². The Balaban J connectivity index is 3.23. The van der Waals surface area contributed by atoms with Crippen LogP contribution in [-0.2, 0) is 12.6 Å². The highest BCUT2D eigenvalue weighted by Gasteiger charge is 2.35. The minimum atomic E-state index is -4.54. The smallest absolute Gasteiger partial charge is 0.250 e. The molecule has 2 nitrogen and oxygen atoms in total.